The number of carbonyl (C=O) groups is 2. The van der Waals surface area contributed by atoms with Gasteiger partial charge in [-0.2, -0.15) is 0 Å². The van der Waals surface area contributed by atoms with E-state index in [-0.39, 0.29) is 23.2 Å². The normalized spacial score (nSPS) is 22.2. The maximum absolute atomic E-state index is 12.2. The minimum absolute atomic E-state index is 0.106. The van der Waals surface area contributed by atoms with Crippen molar-refractivity contribution in [2.45, 2.75) is 6.42 Å². The van der Waals surface area contributed by atoms with Gasteiger partial charge >= 0.3 is 5.97 Å². The number of methoxy groups -OCH3 is 1. The summed E-state index contributed by atoms with van der Waals surface area (Å²) in [7, 11) is 4.80. The van der Waals surface area contributed by atoms with Crippen LogP contribution in [0.2, 0.25) is 0 Å². The number of esters is 1. The molecule has 0 aromatic heterocycles. The van der Waals surface area contributed by atoms with E-state index in [2.05, 4.69) is 36.6 Å². The van der Waals surface area contributed by atoms with Crippen molar-refractivity contribution in [3.05, 3.63) is 21.2 Å². The second kappa shape index (κ2) is 6.52. The fourth-order valence-electron chi connectivity index (χ4n) is 1.65. The van der Waals surface area contributed by atoms with E-state index in [1.807, 2.05) is 6.08 Å². The van der Waals surface area contributed by atoms with Gasteiger partial charge in [0.25, 0.3) is 0 Å². The molecule has 0 radical (unpaired) electrons. The molecule has 0 heterocycles. The van der Waals surface area contributed by atoms with Gasteiger partial charge in [-0.05, 0) is 44.2 Å². The number of rotatable bonds is 5. The van der Waals surface area contributed by atoms with Gasteiger partial charge in [-0.15, -0.1) is 0 Å². The SMILES string of the molecule is COC(=O)C(=CN(C)C)C(=O)C1CC1C=C(Br)Br. The summed E-state index contributed by atoms with van der Waals surface area (Å²) in [4.78, 5) is 25.4. The zero-order valence-corrected chi connectivity index (χ0v) is 13.6. The molecular weight excluding hydrogens is 366 g/mol. The van der Waals surface area contributed by atoms with Crippen LogP contribution in [0.3, 0.4) is 0 Å². The van der Waals surface area contributed by atoms with E-state index in [0.717, 1.165) is 9.81 Å². The van der Waals surface area contributed by atoms with Crippen molar-refractivity contribution in [3.8, 4) is 0 Å². The summed E-state index contributed by atoms with van der Waals surface area (Å²) in [6.07, 6.45) is 4.20. The third-order valence-corrected chi connectivity index (χ3v) is 3.10. The Bertz CT molecular complexity index is 412. The average Bonchev–Trinajstić information content (AvgIpc) is 3.02. The Morgan fingerprint density at radius 1 is 1.33 bits per heavy atom. The summed E-state index contributed by atoms with van der Waals surface area (Å²) in [5.41, 5.74) is 0.106. The van der Waals surface area contributed by atoms with Gasteiger partial charge in [-0.25, -0.2) is 4.79 Å². The van der Waals surface area contributed by atoms with Crippen LogP contribution in [-0.2, 0) is 14.3 Å². The Labute approximate surface area is 123 Å². The molecule has 0 spiro atoms. The standard InChI is InChI=1S/C12H15Br2NO3/c1-15(2)6-9(12(17)18-3)11(16)8-4-7(8)5-10(13)14/h5-8H,4H2,1-3H3. The fourth-order valence-corrected chi connectivity index (χ4v) is 2.33. The highest BCUT2D eigenvalue weighted by Crippen LogP contribution is 2.43. The largest absolute Gasteiger partial charge is 0.465 e. The molecule has 0 aromatic carbocycles. The Balaban J connectivity index is 2.81. The molecule has 1 aliphatic rings. The van der Waals surface area contributed by atoms with Gasteiger partial charge in [0, 0.05) is 26.2 Å². The van der Waals surface area contributed by atoms with E-state index in [0.29, 0.717) is 0 Å². The maximum Gasteiger partial charge on any atom is 0.342 e. The third kappa shape index (κ3) is 4.24. The van der Waals surface area contributed by atoms with E-state index >= 15 is 0 Å². The summed E-state index contributed by atoms with van der Waals surface area (Å²) in [5.74, 6) is -0.679. The van der Waals surface area contributed by atoms with Gasteiger partial charge in [0.05, 0.1) is 10.5 Å². The van der Waals surface area contributed by atoms with Gasteiger partial charge in [-0.3, -0.25) is 4.79 Å². The highest BCUT2D eigenvalue weighted by molar-refractivity contribution is 9.28. The van der Waals surface area contributed by atoms with Gasteiger partial charge in [-0.1, -0.05) is 6.08 Å². The first kappa shape index (κ1) is 15.4. The predicted octanol–water partition coefficient (Wildman–Crippen LogP) is 2.44. The van der Waals surface area contributed by atoms with Crippen LogP contribution in [0.15, 0.2) is 21.2 Å². The van der Waals surface area contributed by atoms with Crippen molar-refractivity contribution >= 4 is 43.6 Å². The molecule has 0 saturated heterocycles. The van der Waals surface area contributed by atoms with Gasteiger partial charge in [0.1, 0.15) is 5.57 Å². The first-order valence-electron chi connectivity index (χ1n) is 5.40. The highest BCUT2D eigenvalue weighted by atomic mass is 79.9. The first-order valence-corrected chi connectivity index (χ1v) is 6.99. The van der Waals surface area contributed by atoms with Crippen LogP contribution in [0.4, 0.5) is 0 Å². The molecule has 2 unspecified atom stereocenters. The van der Waals surface area contributed by atoms with Crippen molar-refractivity contribution < 1.29 is 14.3 Å². The van der Waals surface area contributed by atoms with Crippen LogP contribution < -0.4 is 0 Å². The monoisotopic (exact) mass is 379 g/mol. The molecule has 0 aliphatic heterocycles. The number of hydrogen-bond acceptors (Lipinski definition) is 4. The molecule has 1 saturated carbocycles. The molecule has 0 bridgehead atoms. The average molecular weight is 381 g/mol. The topological polar surface area (TPSA) is 46.6 Å². The second-order valence-electron chi connectivity index (χ2n) is 4.32. The smallest absolute Gasteiger partial charge is 0.342 e. The van der Waals surface area contributed by atoms with Crippen molar-refractivity contribution in [1.82, 2.24) is 4.90 Å². The Hall–Kier alpha value is -0.620. The third-order valence-electron chi connectivity index (χ3n) is 2.57. The van der Waals surface area contributed by atoms with Gasteiger partial charge < -0.3 is 9.64 Å². The van der Waals surface area contributed by atoms with E-state index in [9.17, 15) is 9.59 Å². The molecular formula is C12H15Br2NO3. The molecule has 100 valence electrons. The summed E-state index contributed by atoms with van der Waals surface area (Å²) >= 11 is 6.53. The lowest BCUT2D eigenvalue weighted by atomic mass is 10.1. The van der Waals surface area contributed by atoms with Crippen molar-refractivity contribution in [2.75, 3.05) is 21.2 Å². The Morgan fingerprint density at radius 2 is 1.94 bits per heavy atom. The Morgan fingerprint density at radius 3 is 2.39 bits per heavy atom. The van der Waals surface area contributed by atoms with Crippen LogP contribution in [0, 0.1) is 11.8 Å². The second-order valence-corrected chi connectivity index (χ2v) is 7.10. The number of nitrogens with zero attached hydrogens (tertiary/aromatic N) is 1. The summed E-state index contributed by atoms with van der Waals surface area (Å²) in [5, 5.41) is 0. The molecule has 1 aliphatic carbocycles. The fraction of sp³-hybridized carbons (Fsp3) is 0.500. The van der Waals surface area contributed by atoms with Crippen molar-refractivity contribution in [1.29, 1.82) is 0 Å². The maximum atomic E-state index is 12.2. The molecule has 0 N–H and O–H groups in total. The molecule has 1 rings (SSSR count). The first-order chi connectivity index (χ1) is 8.36. The molecule has 1 fully saturated rings. The highest BCUT2D eigenvalue weighted by Gasteiger charge is 2.44. The minimum Gasteiger partial charge on any atom is -0.465 e. The summed E-state index contributed by atoms with van der Waals surface area (Å²) in [6, 6.07) is 0. The van der Waals surface area contributed by atoms with Crippen LogP contribution in [0.1, 0.15) is 6.42 Å². The number of halogens is 2. The number of ketones is 1. The van der Waals surface area contributed by atoms with Crippen molar-refractivity contribution in [3.63, 3.8) is 0 Å². The number of hydrogen-bond donors (Lipinski definition) is 0. The Kier molecular flexibility index (Phi) is 5.59. The molecule has 6 heteroatoms. The molecule has 4 nitrogen and oxygen atoms in total. The van der Waals surface area contributed by atoms with Crippen LogP contribution in [-0.4, -0.2) is 37.9 Å². The lowest BCUT2D eigenvalue weighted by molar-refractivity contribution is -0.138. The van der Waals surface area contributed by atoms with Gasteiger partial charge in [0.15, 0.2) is 5.78 Å². The lowest BCUT2D eigenvalue weighted by Crippen LogP contribution is -2.19. The number of ether oxygens (including phenoxy) is 1. The zero-order valence-electron chi connectivity index (χ0n) is 10.4. The summed E-state index contributed by atoms with van der Waals surface area (Å²) in [6.45, 7) is 0. The van der Waals surface area contributed by atoms with Crippen LogP contribution in [0.25, 0.3) is 0 Å². The lowest BCUT2D eigenvalue weighted by Gasteiger charge is -2.09. The molecule has 0 amide bonds. The van der Waals surface area contributed by atoms with E-state index in [1.54, 1.807) is 19.0 Å². The minimum atomic E-state index is -0.582. The quantitative estimate of drug-likeness (QED) is 0.318. The summed E-state index contributed by atoms with van der Waals surface area (Å²) < 4.78 is 5.47. The van der Waals surface area contributed by atoms with Gasteiger partial charge in [0.2, 0.25) is 0 Å². The molecule has 18 heavy (non-hydrogen) atoms. The molecule has 0 aromatic rings. The van der Waals surface area contributed by atoms with E-state index in [1.165, 1.54) is 13.3 Å². The predicted molar refractivity (Wildman–Crippen MR) is 76.3 cm³/mol. The van der Waals surface area contributed by atoms with Crippen LogP contribution >= 0.6 is 31.9 Å². The zero-order chi connectivity index (χ0) is 13.9. The molecule has 2 atom stereocenters. The number of Topliss-reactive ketones (excluding diaryl/α,β-unsaturated/α-hetero) is 1. The van der Waals surface area contributed by atoms with Crippen LogP contribution in [0.5, 0.6) is 0 Å². The van der Waals surface area contributed by atoms with Crippen molar-refractivity contribution in [2.24, 2.45) is 11.8 Å². The number of carbonyl (C=O) groups excluding carboxylic acids is 2. The number of allylic oxidation sites excluding steroid dienone is 1. The van der Waals surface area contributed by atoms with E-state index < -0.39 is 5.97 Å². The van der Waals surface area contributed by atoms with E-state index in [4.69, 9.17) is 0 Å².